The van der Waals surface area contributed by atoms with Crippen molar-refractivity contribution in [1.82, 2.24) is 5.32 Å². The molecule has 2 N–H and O–H groups in total. The molecular formula is C15H14Cl2N2O2S. The van der Waals surface area contributed by atoms with Crippen LogP contribution in [0, 0.1) is 13.8 Å². The summed E-state index contributed by atoms with van der Waals surface area (Å²) < 4.78 is 0. The molecule has 1 aromatic heterocycles. The molecule has 1 aromatic carbocycles. The largest absolute Gasteiger partial charge is 0.355 e. The van der Waals surface area contributed by atoms with E-state index < -0.39 is 5.91 Å². The zero-order valence-corrected chi connectivity index (χ0v) is 14.5. The summed E-state index contributed by atoms with van der Waals surface area (Å²) in [5, 5.41) is 6.54. The van der Waals surface area contributed by atoms with Crippen LogP contribution in [-0.4, -0.2) is 18.9 Å². The highest BCUT2D eigenvalue weighted by Crippen LogP contribution is 2.33. The first kappa shape index (κ1) is 16.8. The van der Waals surface area contributed by atoms with Gasteiger partial charge in [0.1, 0.15) is 5.00 Å². The number of carbonyl (C=O) groups is 2. The lowest BCUT2D eigenvalue weighted by Gasteiger charge is -2.08. The van der Waals surface area contributed by atoms with Gasteiger partial charge in [0.25, 0.3) is 11.8 Å². The molecule has 2 amide bonds. The highest BCUT2D eigenvalue weighted by molar-refractivity contribution is 7.16. The standard InChI is InChI=1S/C15H14Cl2N2O2S/c1-7-8(2)22-15(12(7)14(21)18-3)19-13(20)10-6-9(16)4-5-11(10)17/h4-6H,1-3H3,(H,18,21)(H,19,20). The number of hydrogen-bond acceptors (Lipinski definition) is 3. The summed E-state index contributed by atoms with van der Waals surface area (Å²) in [6, 6.07) is 4.66. The van der Waals surface area contributed by atoms with Gasteiger partial charge in [-0.3, -0.25) is 9.59 Å². The highest BCUT2D eigenvalue weighted by Gasteiger charge is 2.21. The lowest BCUT2D eigenvalue weighted by molar-refractivity contribution is 0.0963. The minimum Gasteiger partial charge on any atom is -0.355 e. The summed E-state index contributed by atoms with van der Waals surface area (Å²) in [6.07, 6.45) is 0. The zero-order valence-electron chi connectivity index (χ0n) is 12.2. The Kier molecular flexibility index (Phi) is 5.11. The molecule has 1 heterocycles. The van der Waals surface area contributed by atoms with Crippen LogP contribution in [0.5, 0.6) is 0 Å². The molecule has 0 unspecified atom stereocenters. The molecule has 116 valence electrons. The molecule has 0 aliphatic heterocycles. The van der Waals surface area contributed by atoms with Gasteiger partial charge in [-0.1, -0.05) is 23.2 Å². The van der Waals surface area contributed by atoms with Crippen molar-refractivity contribution < 1.29 is 9.59 Å². The summed E-state index contributed by atoms with van der Waals surface area (Å²) in [6.45, 7) is 3.74. The van der Waals surface area contributed by atoms with Gasteiger partial charge in [-0.15, -0.1) is 11.3 Å². The third kappa shape index (κ3) is 3.27. The molecule has 0 saturated carbocycles. The van der Waals surface area contributed by atoms with Crippen LogP contribution in [0.1, 0.15) is 31.2 Å². The minimum absolute atomic E-state index is 0.241. The van der Waals surface area contributed by atoms with Crippen molar-refractivity contribution in [3.05, 3.63) is 49.8 Å². The van der Waals surface area contributed by atoms with Gasteiger partial charge in [0.2, 0.25) is 0 Å². The van der Waals surface area contributed by atoms with E-state index in [1.807, 2.05) is 13.8 Å². The number of halogens is 2. The second-order valence-electron chi connectivity index (χ2n) is 4.64. The Morgan fingerprint density at radius 2 is 1.82 bits per heavy atom. The van der Waals surface area contributed by atoms with Gasteiger partial charge in [0.15, 0.2) is 0 Å². The van der Waals surface area contributed by atoms with Crippen molar-refractivity contribution in [2.24, 2.45) is 0 Å². The van der Waals surface area contributed by atoms with Gasteiger partial charge < -0.3 is 10.6 Å². The second-order valence-corrected chi connectivity index (χ2v) is 6.71. The van der Waals surface area contributed by atoms with Gasteiger partial charge in [-0.2, -0.15) is 0 Å². The average Bonchev–Trinajstić information content (AvgIpc) is 2.75. The monoisotopic (exact) mass is 356 g/mol. The van der Waals surface area contributed by atoms with Crippen LogP contribution in [-0.2, 0) is 0 Å². The maximum atomic E-state index is 12.4. The Hall–Kier alpha value is -1.56. The molecule has 0 aliphatic carbocycles. The molecule has 0 aliphatic rings. The van der Waals surface area contributed by atoms with Gasteiger partial charge in [-0.25, -0.2) is 0 Å². The molecular weight excluding hydrogens is 343 g/mol. The average molecular weight is 357 g/mol. The Morgan fingerprint density at radius 3 is 2.45 bits per heavy atom. The van der Waals surface area contributed by atoms with Crippen LogP contribution < -0.4 is 10.6 Å². The number of rotatable bonds is 3. The Bertz CT molecular complexity index is 756. The summed E-state index contributed by atoms with van der Waals surface area (Å²) in [7, 11) is 1.55. The van der Waals surface area contributed by atoms with Crippen molar-refractivity contribution >= 4 is 51.4 Å². The first-order chi connectivity index (χ1) is 10.3. The van der Waals surface area contributed by atoms with Gasteiger partial charge >= 0.3 is 0 Å². The zero-order chi connectivity index (χ0) is 16.4. The molecule has 2 rings (SSSR count). The van der Waals surface area contributed by atoms with Crippen LogP contribution in [0.3, 0.4) is 0 Å². The fraction of sp³-hybridized carbons (Fsp3) is 0.200. The molecule has 0 saturated heterocycles. The topological polar surface area (TPSA) is 58.2 Å². The van der Waals surface area contributed by atoms with Crippen molar-refractivity contribution in [3.8, 4) is 0 Å². The Morgan fingerprint density at radius 1 is 1.14 bits per heavy atom. The van der Waals surface area contributed by atoms with Gasteiger partial charge in [0.05, 0.1) is 16.1 Å². The van der Waals surface area contributed by atoms with Crippen molar-refractivity contribution in [2.75, 3.05) is 12.4 Å². The second kappa shape index (κ2) is 6.69. The van der Waals surface area contributed by atoms with E-state index in [2.05, 4.69) is 10.6 Å². The van der Waals surface area contributed by atoms with Crippen molar-refractivity contribution in [2.45, 2.75) is 13.8 Å². The SMILES string of the molecule is CNC(=O)c1c(NC(=O)c2cc(Cl)ccc2Cl)sc(C)c1C. The van der Waals surface area contributed by atoms with E-state index in [1.165, 1.54) is 17.4 Å². The molecule has 22 heavy (non-hydrogen) atoms. The predicted octanol–water partition coefficient (Wildman–Crippen LogP) is 4.28. The summed E-state index contributed by atoms with van der Waals surface area (Å²) >= 11 is 13.3. The first-order valence-electron chi connectivity index (χ1n) is 6.43. The number of thiophene rings is 1. The molecule has 0 fully saturated rings. The fourth-order valence-electron chi connectivity index (χ4n) is 1.96. The number of amides is 2. The minimum atomic E-state index is -0.404. The Balaban J connectivity index is 2.39. The third-order valence-corrected chi connectivity index (χ3v) is 4.93. The van der Waals surface area contributed by atoms with E-state index in [1.54, 1.807) is 19.2 Å². The lowest BCUT2D eigenvalue weighted by Crippen LogP contribution is -2.21. The molecule has 2 aromatic rings. The van der Waals surface area contributed by atoms with Crippen LogP contribution in [0.25, 0.3) is 0 Å². The number of benzene rings is 1. The number of nitrogens with one attached hydrogen (secondary N) is 2. The maximum absolute atomic E-state index is 12.4. The van der Waals surface area contributed by atoms with Crippen molar-refractivity contribution in [3.63, 3.8) is 0 Å². The van der Waals surface area contributed by atoms with Gasteiger partial charge in [0, 0.05) is 16.9 Å². The Labute approximate surface area is 142 Å². The molecule has 4 nitrogen and oxygen atoms in total. The predicted molar refractivity (Wildman–Crippen MR) is 91.6 cm³/mol. The number of carbonyl (C=O) groups excluding carboxylic acids is 2. The molecule has 0 atom stereocenters. The van der Waals surface area contributed by atoms with E-state index in [4.69, 9.17) is 23.2 Å². The van der Waals surface area contributed by atoms with E-state index in [0.29, 0.717) is 20.6 Å². The van der Waals surface area contributed by atoms with Crippen LogP contribution >= 0.6 is 34.5 Å². The summed E-state index contributed by atoms with van der Waals surface area (Å²) in [5.74, 6) is -0.645. The maximum Gasteiger partial charge on any atom is 0.257 e. The molecule has 7 heteroatoms. The third-order valence-electron chi connectivity index (χ3n) is 3.24. The van der Waals surface area contributed by atoms with Gasteiger partial charge in [-0.05, 0) is 37.6 Å². The van der Waals surface area contributed by atoms with Crippen LogP contribution in [0.4, 0.5) is 5.00 Å². The lowest BCUT2D eigenvalue weighted by atomic mass is 10.1. The number of aryl methyl sites for hydroxylation is 1. The van der Waals surface area contributed by atoms with Crippen LogP contribution in [0.15, 0.2) is 18.2 Å². The van der Waals surface area contributed by atoms with E-state index >= 15 is 0 Å². The fourth-order valence-corrected chi connectivity index (χ4v) is 3.38. The quantitative estimate of drug-likeness (QED) is 0.861. The molecule has 0 radical (unpaired) electrons. The normalized spacial score (nSPS) is 10.4. The van der Waals surface area contributed by atoms with Crippen LogP contribution in [0.2, 0.25) is 10.0 Å². The first-order valence-corrected chi connectivity index (χ1v) is 8.00. The molecule has 0 spiro atoms. The number of anilines is 1. The van der Waals surface area contributed by atoms with Crippen molar-refractivity contribution in [1.29, 1.82) is 0 Å². The number of hydrogen-bond donors (Lipinski definition) is 2. The van der Waals surface area contributed by atoms with E-state index in [0.717, 1.165) is 10.4 Å². The van der Waals surface area contributed by atoms with E-state index in [9.17, 15) is 9.59 Å². The van der Waals surface area contributed by atoms with E-state index in [-0.39, 0.29) is 11.5 Å². The highest BCUT2D eigenvalue weighted by atomic mass is 35.5. The summed E-state index contributed by atoms with van der Waals surface area (Å²) in [5.41, 5.74) is 1.58. The smallest absolute Gasteiger partial charge is 0.257 e. The summed E-state index contributed by atoms with van der Waals surface area (Å²) in [4.78, 5) is 25.4. The molecule has 0 bridgehead atoms.